The molecule has 5 nitrogen and oxygen atoms in total. The fraction of sp³-hybridized carbons (Fsp3) is 0.192. The quantitative estimate of drug-likeness (QED) is 0.288. The van der Waals surface area contributed by atoms with Crippen molar-refractivity contribution in [1.29, 1.82) is 0 Å². The molecule has 0 bridgehead atoms. The van der Waals surface area contributed by atoms with Crippen LogP contribution >= 0.6 is 23.1 Å². The van der Waals surface area contributed by atoms with Gasteiger partial charge in [0.05, 0.1) is 22.4 Å². The van der Waals surface area contributed by atoms with Crippen LogP contribution in [0.4, 0.5) is 0 Å². The lowest BCUT2D eigenvalue weighted by atomic mass is 10.1. The van der Waals surface area contributed by atoms with Gasteiger partial charge in [0.15, 0.2) is 11.0 Å². The van der Waals surface area contributed by atoms with Crippen LogP contribution in [0.2, 0.25) is 0 Å². The first kappa shape index (κ1) is 21.7. The Morgan fingerprint density at radius 2 is 1.70 bits per heavy atom. The van der Waals surface area contributed by atoms with Gasteiger partial charge in [0, 0.05) is 5.75 Å². The summed E-state index contributed by atoms with van der Waals surface area (Å²) in [6.45, 7) is 6.71. The normalized spacial score (nSPS) is 11.4. The molecule has 7 heteroatoms. The molecule has 0 radical (unpaired) electrons. The summed E-state index contributed by atoms with van der Waals surface area (Å²) >= 11 is 2.94. The van der Waals surface area contributed by atoms with Crippen molar-refractivity contribution in [2.75, 3.05) is 0 Å². The van der Waals surface area contributed by atoms with E-state index in [1.165, 1.54) is 28.0 Å². The number of thiazole rings is 1. The Balaban J connectivity index is 1.56. The van der Waals surface area contributed by atoms with Crippen LogP contribution in [0.1, 0.15) is 28.1 Å². The number of nitrogens with zero attached hydrogens (tertiary/aromatic N) is 4. The Hall–Kier alpha value is -3.16. The van der Waals surface area contributed by atoms with Gasteiger partial charge in [0.1, 0.15) is 0 Å². The van der Waals surface area contributed by atoms with Gasteiger partial charge in [-0.15, -0.1) is 10.2 Å². The lowest BCUT2D eigenvalue weighted by Crippen LogP contribution is -2.17. The molecule has 0 saturated carbocycles. The number of fused-ring (bicyclic) bond motifs is 1. The van der Waals surface area contributed by atoms with Gasteiger partial charge in [-0.05, 0) is 55.7 Å². The van der Waals surface area contributed by atoms with Gasteiger partial charge in [-0.2, -0.15) is 0 Å². The minimum atomic E-state index is 0.0140. The van der Waals surface area contributed by atoms with E-state index in [2.05, 4.69) is 65.9 Å². The fourth-order valence-corrected chi connectivity index (χ4v) is 5.87. The Morgan fingerprint density at radius 1 is 0.909 bits per heavy atom. The van der Waals surface area contributed by atoms with E-state index in [1.807, 2.05) is 36.4 Å². The minimum absolute atomic E-state index is 0.0140. The van der Waals surface area contributed by atoms with Crippen LogP contribution < -0.4 is 4.87 Å². The van der Waals surface area contributed by atoms with Gasteiger partial charge >= 0.3 is 4.87 Å². The topological polar surface area (TPSA) is 52.7 Å². The predicted molar refractivity (Wildman–Crippen MR) is 137 cm³/mol. The highest BCUT2D eigenvalue weighted by atomic mass is 32.2. The van der Waals surface area contributed by atoms with Crippen LogP contribution in [0.5, 0.6) is 0 Å². The van der Waals surface area contributed by atoms with Crippen molar-refractivity contribution >= 4 is 33.3 Å². The van der Waals surface area contributed by atoms with E-state index in [9.17, 15) is 4.79 Å². The van der Waals surface area contributed by atoms with Gasteiger partial charge < -0.3 is 0 Å². The predicted octanol–water partition coefficient (Wildman–Crippen LogP) is 5.91. The third kappa shape index (κ3) is 4.26. The van der Waals surface area contributed by atoms with Crippen molar-refractivity contribution in [2.24, 2.45) is 0 Å². The number of rotatable bonds is 6. The monoisotopic (exact) mass is 472 g/mol. The molecule has 166 valence electrons. The van der Waals surface area contributed by atoms with E-state index < -0.39 is 0 Å². The molecule has 0 spiro atoms. The maximum Gasteiger partial charge on any atom is 0.308 e. The molecule has 0 aliphatic heterocycles. The first-order valence-electron chi connectivity index (χ1n) is 10.8. The second-order valence-corrected chi connectivity index (χ2v) is 10.1. The average Bonchev–Trinajstić information content (AvgIpc) is 3.35. The van der Waals surface area contributed by atoms with Gasteiger partial charge in [0.2, 0.25) is 0 Å². The molecular formula is C26H24N4OS2. The van der Waals surface area contributed by atoms with Gasteiger partial charge in [-0.1, -0.05) is 77.2 Å². The number of aromatic nitrogens is 4. The number of hydrogen-bond donors (Lipinski definition) is 0. The summed E-state index contributed by atoms with van der Waals surface area (Å²) < 4.78 is 4.87. The lowest BCUT2D eigenvalue weighted by molar-refractivity contribution is 0.724. The van der Waals surface area contributed by atoms with E-state index in [0.717, 1.165) is 38.2 Å². The van der Waals surface area contributed by atoms with Crippen LogP contribution in [0.15, 0.2) is 76.7 Å². The van der Waals surface area contributed by atoms with Crippen molar-refractivity contribution in [2.45, 2.75) is 38.2 Å². The third-order valence-corrected chi connectivity index (χ3v) is 7.73. The zero-order valence-corrected chi connectivity index (χ0v) is 20.4. The van der Waals surface area contributed by atoms with Crippen molar-refractivity contribution in [1.82, 2.24) is 19.3 Å². The second kappa shape index (κ2) is 9.00. The van der Waals surface area contributed by atoms with Crippen LogP contribution in [-0.2, 0) is 12.3 Å². The van der Waals surface area contributed by atoms with Crippen LogP contribution in [0, 0.1) is 20.8 Å². The van der Waals surface area contributed by atoms with Crippen LogP contribution in [-0.4, -0.2) is 19.3 Å². The number of thioether (sulfide) groups is 1. The maximum atomic E-state index is 12.8. The number of hydrogen-bond acceptors (Lipinski definition) is 5. The summed E-state index contributed by atoms with van der Waals surface area (Å²) in [6.07, 6.45) is 0. The zero-order chi connectivity index (χ0) is 22.9. The minimum Gasteiger partial charge on any atom is -0.291 e. The average molecular weight is 473 g/mol. The molecule has 2 heterocycles. The molecule has 0 aliphatic carbocycles. The highest BCUT2D eigenvalue weighted by molar-refractivity contribution is 7.98. The Bertz CT molecular complexity index is 1510. The highest BCUT2D eigenvalue weighted by Crippen LogP contribution is 2.29. The third-order valence-electron chi connectivity index (χ3n) is 5.79. The number of benzene rings is 3. The molecule has 0 unspecified atom stereocenters. The molecule has 5 aromatic rings. The second-order valence-electron chi connectivity index (χ2n) is 8.16. The lowest BCUT2D eigenvalue weighted by Gasteiger charge is -2.14. The molecule has 0 N–H and O–H groups in total. The zero-order valence-electron chi connectivity index (χ0n) is 18.8. The molecule has 0 fully saturated rings. The van der Waals surface area contributed by atoms with E-state index in [-0.39, 0.29) is 4.87 Å². The summed E-state index contributed by atoms with van der Waals surface area (Å²) in [5.74, 6) is 1.55. The largest absolute Gasteiger partial charge is 0.308 e. The van der Waals surface area contributed by atoms with Crippen molar-refractivity contribution in [3.63, 3.8) is 0 Å². The Kier molecular flexibility index (Phi) is 5.91. The number of para-hydroxylation sites is 2. The standard InChI is InChI=1S/C26H24N4OS2/c1-17-12-13-18(2)20(14-17)16-32-25-28-27-24(30(25)21-9-5-4-8-19(21)3)15-29-22-10-6-7-11-23(22)33-26(29)31/h4-14H,15-16H2,1-3H3. The number of aryl methyl sites for hydroxylation is 3. The van der Waals surface area contributed by atoms with Crippen molar-refractivity contribution in [3.8, 4) is 5.69 Å². The SMILES string of the molecule is Cc1ccc(C)c(CSc2nnc(Cn3c(=O)sc4ccccc43)n2-c2ccccc2C)c1. The smallest absolute Gasteiger partial charge is 0.291 e. The molecule has 0 saturated heterocycles. The fourth-order valence-electron chi connectivity index (χ4n) is 3.96. The Labute approximate surface area is 200 Å². The van der Waals surface area contributed by atoms with Crippen LogP contribution in [0.3, 0.4) is 0 Å². The van der Waals surface area contributed by atoms with E-state index >= 15 is 0 Å². The molecule has 5 rings (SSSR count). The summed E-state index contributed by atoms with van der Waals surface area (Å²) in [4.78, 5) is 12.8. The van der Waals surface area contributed by atoms with Crippen molar-refractivity contribution in [3.05, 3.63) is 104 Å². The van der Waals surface area contributed by atoms with E-state index in [4.69, 9.17) is 0 Å². The van der Waals surface area contributed by atoms with Gasteiger partial charge in [-0.3, -0.25) is 13.9 Å². The van der Waals surface area contributed by atoms with Crippen LogP contribution in [0.25, 0.3) is 15.9 Å². The Morgan fingerprint density at radius 3 is 2.55 bits per heavy atom. The highest BCUT2D eigenvalue weighted by Gasteiger charge is 2.19. The maximum absolute atomic E-state index is 12.8. The first-order chi connectivity index (χ1) is 16.0. The van der Waals surface area contributed by atoms with Gasteiger partial charge in [-0.25, -0.2) is 0 Å². The molecule has 0 atom stereocenters. The van der Waals surface area contributed by atoms with E-state index in [0.29, 0.717) is 6.54 Å². The van der Waals surface area contributed by atoms with Gasteiger partial charge in [0.25, 0.3) is 0 Å². The molecular weight excluding hydrogens is 448 g/mol. The molecule has 3 aromatic carbocycles. The summed E-state index contributed by atoms with van der Waals surface area (Å²) in [5.41, 5.74) is 6.91. The molecule has 33 heavy (non-hydrogen) atoms. The molecule has 2 aromatic heterocycles. The summed E-state index contributed by atoms with van der Waals surface area (Å²) in [5, 5.41) is 9.93. The summed E-state index contributed by atoms with van der Waals surface area (Å²) in [6, 6.07) is 22.6. The molecule has 0 aliphatic rings. The molecule has 0 amide bonds. The first-order valence-corrected chi connectivity index (χ1v) is 12.6. The summed E-state index contributed by atoms with van der Waals surface area (Å²) in [7, 11) is 0. The van der Waals surface area contributed by atoms with E-state index in [1.54, 1.807) is 16.3 Å². The van der Waals surface area contributed by atoms with Crippen molar-refractivity contribution < 1.29 is 0 Å².